The lowest BCUT2D eigenvalue weighted by Crippen LogP contribution is -2.29. The monoisotopic (exact) mass is 292 g/mol. The van der Waals surface area contributed by atoms with Gasteiger partial charge < -0.3 is 10.2 Å². The Morgan fingerprint density at radius 2 is 2.00 bits per heavy atom. The van der Waals surface area contributed by atoms with Crippen molar-refractivity contribution < 1.29 is 4.39 Å². The van der Waals surface area contributed by atoms with Crippen LogP contribution in [-0.2, 0) is 0 Å². The first kappa shape index (κ1) is 16.4. The molecule has 0 bridgehead atoms. The van der Waals surface area contributed by atoms with Crippen molar-refractivity contribution >= 4 is 0 Å². The molecule has 0 amide bonds. The van der Waals surface area contributed by atoms with Gasteiger partial charge in [0.05, 0.1) is 0 Å². The molecule has 0 saturated carbocycles. The van der Waals surface area contributed by atoms with E-state index in [2.05, 4.69) is 31.0 Å². The summed E-state index contributed by atoms with van der Waals surface area (Å²) in [5.74, 6) is -0.158. The predicted molar refractivity (Wildman–Crippen MR) is 86.9 cm³/mol. The van der Waals surface area contributed by atoms with Crippen molar-refractivity contribution in [1.29, 1.82) is 0 Å². The first-order valence-electron chi connectivity index (χ1n) is 8.21. The minimum absolute atomic E-state index is 0.158. The highest BCUT2D eigenvalue weighted by Gasteiger charge is 2.29. The third-order valence-corrected chi connectivity index (χ3v) is 4.40. The summed E-state index contributed by atoms with van der Waals surface area (Å²) < 4.78 is 13.1. The Morgan fingerprint density at radius 1 is 1.29 bits per heavy atom. The zero-order valence-electron chi connectivity index (χ0n) is 13.7. The van der Waals surface area contributed by atoms with Crippen molar-refractivity contribution in [3.8, 4) is 0 Å². The lowest BCUT2D eigenvalue weighted by molar-refractivity contribution is 0.274. The van der Waals surface area contributed by atoms with Gasteiger partial charge in [0.1, 0.15) is 5.82 Å². The maximum absolute atomic E-state index is 13.1. The average molecular weight is 292 g/mol. The van der Waals surface area contributed by atoms with Crippen LogP contribution in [0.3, 0.4) is 0 Å². The predicted octanol–water partition coefficient (Wildman–Crippen LogP) is 3.99. The van der Waals surface area contributed by atoms with E-state index in [0.717, 1.165) is 25.9 Å². The lowest BCUT2D eigenvalue weighted by Gasteiger charge is -2.24. The molecule has 1 aromatic rings. The zero-order chi connectivity index (χ0) is 15.3. The highest BCUT2D eigenvalue weighted by Crippen LogP contribution is 2.29. The number of nitrogens with zero attached hydrogens (tertiary/aromatic N) is 1. The van der Waals surface area contributed by atoms with Crippen LogP contribution >= 0.6 is 0 Å². The van der Waals surface area contributed by atoms with Gasteiger partial charge in [-0.1, -0.05) is 32.9 Å². The van der Waals surface area contributed by atoms with Crippen LogP contribution in [0.2, 0.25) is 0 Å². The average Bonchev–Trinajstić information content (AvgIpc) is 2.80. The second-order valence-electron chi connectivity index (χ2n) is 7.04. The Hall–Kier alpha value is -0.930. The van der Waals surface area contributed by atoms with Gasteiger partial charge in [0.2, 0.25) is 0 Å². The fourth-order valence-electron chi connectivity index (χ4n) is 3.13. The fourth-order valence-corrected chi connectivity index (χ4v) is 3.13. The minimum Gasteiger partial charge on any atom is -0.310 e. The van der Waals surface area contributed by atoms with Crippen LogP contribution in [0.4, 0.5) is 4.39 Å². The van der Waals surface area contributed by atoms with Gasteiger partial charge in [0.25, 0.3) is 0 Å². The summed E-state index contributed by atoms with van der Waals surface area (Å²) in [6, 6.07) is 7.28. The van der Waals surface area contributed by atoms with Crippen LogP contribution in [0.5, 0.6) is 0 Å². The molecule has 118 valence electrons. The van der Waals surface area contributed by atoms with Crippen LogP contribution in [0.25, 0.3) is 0 Å². The number of nitrogens with one attached hydrogen (secondary N) is 1. The molecule has 1 aromatic carbocycles. The van der Waals surface area contributed by atoms with Crippen molar-refractivity contribution in [3.05, 3.63) is 35.6 Å². The van der Waals surface area contributed by atoms with Crippen LogP contribution in [0.1, 0.15) is 51.6 Å². The van der Waals surface area contributed by atoms with Crippen LogP contribution < -0.4 is 5.32 Å². The summed E-state index contributed by atoms with van der Waals surface area (Å²) in [7, 11) is 0. The van der Waals surface area contributed by atoms with Crippen molar-refractivity contribution in [1.82, 2.24) is 10.2 Å². The quantitative estimate of drug-likeness (QED) is 0.817. The molecule has 1 saturated heterocycles. The molecule has 1 unspecified atom stereocenters. The summed E-state index contributed by atoms with van der Waals surface area (Å²) in [6.07, 6.45) is 3.49. The van der Waals surface area contributed by atoms with Gasteiger partial charge in [-0.25, -0.2) is 4.39 Å². The van der Waals surface area contributed by atoms with E-state index < -0.39 is 0 Å². The molecule has 0 aliphatic carbocycles. The number of benzene rings is 1. The highest BCUT2D eigenvalue weighted by molar-refractivity contribution is 5.20. The van der Waals surface area contributed by atoms with E-state index in [1.807, 2.05) is 12.1 Å². The van der Waals surface area contributed by atoms with Crippen molar-refractivity contribution in [2.75, 3.05) is 26.2 Å². The Bertz CT molecular complexity index is 427. The van der Waals surface area contributed by atoms with Crippen molar-refractivity contribution in [2.45, 2.75) is 46.1 Å². The fraction of sp³-hybridized carbons (Fsp3) is 0.667. The second kappa shape index (κ2) is 7.37. The third-order valence-electron chi connectivity index (χ3n) is 4.40. The van der Waals surface area contributed by atoms with E-state index in [9.17, 15) is 4.39 Å². The summed E-state index contributed by atoms with van der Waals surface area (Å²) in [5.41, 5.74) is 1.66. The normalized spacial score (nSPS) is 19.8. The Labute approximate surface area is 128 Å². The van der Waals surface area contributed by atoms with Gasteiger partial charge >= 0.3 is 0 Å². The Morgan fingerprint density at radius 3 is 2.57 bits per heavy atom. The molecule has 3 heteroatoms. The van der Waals surface area contributed by atoms with E-state index in [4.69, 9.17) is 0 Å². The Kier molecular flexibility index (Phi) is 5.77. The van der Waals surface area contributed by atoms with Crippen molar-refractivity contribution in [2.24, 2.45) is 5.41 Å². The van der Waals surface area contributed by atoms with Gasteiger partial charge in [0, 0.05) is 12.6 Å². The number of likely N-dealkylation sites (tertiary alicyclic amines) is 1. The minimum atomic E-state index is -0.158. The number of hydrogen-bond donors (Lipinski definition) is 1. The second-order valence-corrected chi connectivity index (χ2v) is 7.04. The van der Waals surface area contributed by atoms with E-state index >= 15 is 0 Å². The molecule has 1 atom stereocenters. The summed E-state index contributed by atoms with van der Waals surface area (Å²) in [6.45, 7) is 11.4. The van der Waals surface area contributed by atoms with Crippen molar-refractivity contribution in [3.63, 3.8) is 0 Å². The van der Waals surface area contributed by atoms with Crippen LogP contribution in [-0.4, -0.2) is 31.1 Å². The van der Waals surface area contributed by atoms with Crippen LogP contribution in [0, 0.1) is 11.2 Å². The molecular weight excluding hydrogens is 263 g/mol. The smallest absolute Gasteiger partial charge is 0.123 e. The molecule has 2 rings (SSSR count). The van der Waals surface area contributed by atoms with E-state index in [0.29, 0.717) is 11.5 Å². The molecule has 21 heavy (non-hydrogen) atoms. The molecule has 1 fully saturated rings. The molecule has 1 aliphatic rings. The summed E-state index contributed by atoms with van der Waals surface area (Å²) in [4.78, 5) is 2.56. The molecule has 0 radical (unpaired) electrons. The molecule has 0 spiro atoms. The topological polar surface area (TPSA) is 15.3 Å². The maximum atomic E-state index is 13.1. The molecule has 1 N–H and O–H groups in total. The standard InChI is InChI=1S/C18H29FN2/c1-4-11-20-17(15-5-7-16(19)8-6-15)9-12-21-13-10-18(2,3)14-21/h5-8,17,20H,4,9-14H2,1-3H3. The maximum Gasteiger partial charge on any atom is 0.123 e. The summed E-state index contributed by atoms with van der Waals surface area (Å²) in [5, 5.41) is 3.60. The highest BCUT2D eigenvalue weighted by atomic mass is 19.1. The largest absolute Gasteiger partial charge is 0.310 e. The van der Waals surface area contributed by atoms with Gasteiger partial charge in [-0.3, -0.25) is 0 Å². The zero-order valence-corrected chi connectivity index (χ0v) is 13.7. The summed E-state index contributed by atoms with van der Waals surface area (Å²) >= 11 is 0. The van der Waals surface area contributed by atoms with E-state index in [-0.39, 0.29) is 5.82 Å². The number of halogens is 1. The van der Waals surface area contributed by atoms with Crippen LogP contribution in [0.15, 0.2) is 24.3 Å². The van der Waals surface area contributed by atoms with Gasteiger partial charge in [0.15, 0.2) is 0 Å². The molecular formula is C18H29FN2. The Balaban J connectivity index is 1.92. The SMILES string of the molecule is CCCNC(CCN1CCC(C)(C)C1)c1ccc(F)cc1. The third kappa shape index (κ3) is 5.08. The van der Waals surface area contributed by atoms with Gasteiger partial charge in [-0.15, -0.1) is 0 Å². The number of rotatable bonds is 7. The first-order valence-corrected chi connectivity index (χ1v) is 8.21. The number of hydrogen-bond acceptors (Lipinski definition) is 2. The van der Waals surface area contributed by atoms with E-state index in [1.165, 1.54) is 25.1 Å². The van der Waals surface area contributed by atoms with Gasteiger partial charge in [-0.2, -0.15) is 0 Å². The first-order chi connectivity index (χ1) is 10.00. The molecule has 1 heterocycles. The molecule has 1 aliphatic heterocycles. The molecule has 0 aromatic heterocycles. The van der Waals surface area contributed by atoms with E-state index in [1.54, 1.807) is 12.1 Å². The molecule has 2 nitrogen and oxygen atoms in total. The van der Waals surface area contributed by atoms with Gasteiger partial charge in [-0.05, 0) is 62.0 Å². The lowest BCUT2D eigenvalue weighted by atomic mass is 9.93.